The molecule has 0 aromatic heterocycles. The summed E-state index contributed by atoms with van der Waals surface area (Å²) < 4.78 is 24.2. The zero-order chi connectivity index (χ0) is 10.5. The van der Waals surface area contributed by atoms with Crippen LogP contribution in [0.1, 0.15) is 26.7 Å². The molecule has 0 heterocycles. The molecule has 0 amide bonds. The highest BCUT2D eigenvalue weighted by Crippen LogP contribution is 2.11. The molecule has 0 aromatic rings. The molecule has 0 radical (unpaired) electrons. The molecule has 4 nitrogen and oxygen atoms in total. The van der Waals surface area contributed by atoms with Crippen LogP contribution in [0.5, 0.6) is 0 Å². The average molecular weight is 208 g/mol. The van der Waals surface area contributed by atoms with E-state index in [2.05, 4.69) is 0 Å². The quantitative estimate of drug-likeness (QED) is 0.687. The Morgan fingerprint density at radius 1 is 1.31 bits per heavy atom. The van der Waals surface area contributed by atoms with E-state index in [9.17, 15) is 8.42 Å². The number of nitrogens with two attached hydrogens (primary N) is 1. The Bertz CT molecular complexity index is 222. The fourth-order valence-electron chi connectivity index (χ4n) is 1.44. The molecular weight excluding hydrogens is 188 g/mol. The molecule has 5 heteroatoms. The summed E-state index contributed by atoms with van der Waals surface area (Å²) in [5, 5.41) is 0. The van der Waals surface area contributed by atoms with Crippen molar-refractivity contribution < 1.29 is 8.42 Å². The largest absolute Gasteiger partial charge is 0.329 e. The van der Waals surface area contributed by atoms with E-state index in [0.29, 0.717) is 13.1 Å². The van der Waals surface area contributed by atoms with Gasteiger partial charge in [-0.05, 0) is 12.8 Å². The van der Waals surface area contributed by atoms with Crippen molar-refractivity contribution in [1.82, 2.24) is 4.31 Å². The van der Waals surface area contributed by atoms with E-state index in [1.54, 1.807) is 0 Å². The lowest BCUT2D eigenvalue weighted by Gasteiger charge is -2.27. The van der Waals surface area contributed by atoms with Crippen LogP contribution in [-0.4, -0.2) is 38.1 Å². The second-order valence-electron chi connectivity index (χ2n) is 3.13. The summed E-state index contributed by atoms with van der Waals surface area (Å²) >= 11 is 0. The third-order valence-corrected chi connectivity index (χ3v) is 3.46. The third kappa shape index (κ3) is 4.06. The van der Waals surface area contributed by atoms with E-state index in [-0.39, 0.29) is 6.04 Å². The molecule has 80 valence electrons. The normalized spacial score (nSPS) is 12.8. The fraction of sp³-hybridized carbons (Fsp3) is 1.00. The Labute approximate surface area is 81.2 Å². The molecule has 0 bridgehead atoms. The van der Waals surface area contributed by atoms with Crippen molar-refractivity contribution in [1.29, 1.82) is 0 Å². The standard InChI is InChI=1S/C8H20N2O2S/c1-4-8(5-2)10(7-6-9)13(3,11)12/h8H,4-7,9H2,1-3H3. The summed E-state index contributed by atoms with van der Waals surface area (Å²) in [5.74, 6) is 0. The Hall–Kier alpha value is -0.130. The molecule has 2 N–H and O–H groups in total. The van der Waals surface area contributed by atoms with Gasteiger partial charge in [-0.15, -0.1) is 0 Å². The van der Waals surface area contributed by atoms with Crippen molar-refractivity contribution in [2.45, 2.75) is 32.7 Å². The SMILES string of the molecule is CCC(CC)N(CCN)S(C)(=O)=O. The van der Waals surface area contributed by atoms with Gasteiger partial charge in [-0.25, -0.2) is 8.42 Å². The first-order valence-corrected chi connectivity index (χ1v) is 6.49. The van der Waals surface area contributed by atoms with E-state index in [4.69, 9.17) is 5.73 Å². The lowest BCUT2D eigenvalue weighted by molar-refractivity contribution is 0.311. The van der Waals surface area contributed by atoms with Crippen molar-refractivity contribution >= 4 is 10.0 Å². The monoisotopic (exact) mass is 208 g/mol. The number of hydrogen-bond donors (Lipinski definition) is 1. The first kappa shape index (κ1) is 12.9. The topological polar surface area (TPSA) is 63.4 Å². The van der Waals surface area contributed by atoms with E-state index >= 15 is 0 Å². The van der Waals surface area contributed by atoms with Gasteiger partial charge in [0, 0.05) is 19.1 Å². The van der Waals surface area contributed by atoms with Crippen molar-refractivity contribution in [2.75, 3.05) is 19.3 Å². The maximum atomic E-state index is 11.4. The first-order valence-electron chi connectivity index (χ1n) is 4.64. The smallest absolute Gasteiger partial charge is 0.211 e. The van der Waals surface area contributed by atoms with Gasteiger partial charge < -0.3 is 5.73 Å². The minimum Gasteiger partial charge on any atom is -0.329 e. The van der Waals surface area contributed by atoms with Crippen LogP contribution in [0.4, 0.5) is 0 Å². The van der Waals surface area contributed by atoms with Crippen LogP contribution < -0.4 is 5.73 Å². The molecule has 0 aliphatic heterocycles. The highest BCUT2D eigenvalue weighted by Gasteiger charge is 2.22. The summed E-state index contributed by atoms with van der Waals surface area (Å²) in [4.78, 5) is 0. The molecule has 0 atom stereocenters. The molecule has 0 saturated carbocycles. The Morgan fingerprint density at radius 3 is 2.00 bits per heavy atom. The number of hydrogen-bond acceptors (Lipinski definition) is 3. The predicted octanol–water partition coefficient (Wildman–Crippen LogP) is 0.395. The third-order valence-electron chi connectivity index (χ3n) is 2.13. The molecule has 0 saturated heterocycles. The van der Waals surface area contributed by atoms with E-state index in [0.717, 1.165) is 12.8 Å². The van der Waals surface area contributed by atoms with Gasteiger partial charge in [0.1, 0.15) is 0 Å². The van der Waals surface area contributed by atoms with Crippen molar-refractivity contribution in [2.24, 2.45) is 5.73 Å². The molecule has 0 fully saturated rings. The van der Waals surface area contributed by atoms with Crippen LogP contribution in [0.2, 0.25) is 0 Å². The van der Waals surface area contributed by atoms with Gasteiger partial charge in [0.2, 0.25) is 10.0 Å². The molecule has 0 spiro atoms. The molecule has 13 heavy (non-hydrogen) atoms. The number of rotatable bonds is 6. The van der Waals surface area contributed by atoms with E-state index < -0.39 is 10.0 Å². The summed E-state index contributed by atoms with van der Waals surface area (Å²) in [5.41, 5.74) is 5.37. The van der Waals surface area contributed by atoms with E-state index in [1.165, 1.54) is 10.6 Å². The maximum absolute atomic E-state index is 11.4. The molecule has 0 unspecified atom stereocenters. The van der Waals surface area contributed by atoms with Gasteiger partial charge in [-0.3, -0.25) is 0 Å². The molecule has 0 aliphatic carbocycles. The van der Waals surface area contributed by atoms with Crippen molar-refractivity contribution in [3.05, 3.63) is 0 Å². The number of sulfonamides is 1. The second kappa shape index (κ2) is 5.57. The van der Waals surface area contributed by atoms with Crippen LogP contribution in [0.25, 0.3) is 0 Å². The second-order valence-corrected chi connectivity index (χ2v) is 5.07. The molecular formula is C8H20N2O2S. The summed E-state index contributed by atoms with van der Waals surface area (Å²) in [7, 11) is -3.10. The van der Waals surface area contributed by atoms with Crippen LogP contribution in [0.3, 0.4) is 0 Å². The van der Waals surface area contributed by atoms with Gasteiger partial charge in [0.05, 0.1) is 6.26 Å². The Morgan fingerprint density at radius 2 is 1.77 bits per heavy atom. The van der Waals surface area contributed by atoms with Gasteiger partial charge >= 0.3 is 0 Å². The predicted molar refractivity (Wildman–Crippen MR) is 55.0 cm³/mol. The highest BCUT2D eigenvalue weighted by molar-refractivity contribution is 7.88. The zero-order valence-corrected chi connectivity index (χ0v) is 9.47. The van der Waals surface area contributed by atoms with E-state index in [1.807, 2.05) is 13.8 Å². The summed E-state index contributed by atoms with van der Waals surface area (Å²) in [6.07, 6.45) is 2.91. The van der Waals surface area contributed by atoms with Crippen LogP contribution >= 0.6 is 0 Å². The Kier molecular flexibility index (Phi) is 5.51. The first-order chi connectivity index (χ1) is 5.97. The van der Waals surface area contributed by atoms with Crippen LogP contribution in [0.15, 0.2) is 0 Å². The number of nitrogens with zero attached hydrogens (tertiary/aromatic N) is 1. The van der Waals surface area contributed by atoms with Crippen molar-refractivity contribution in [3.63, 3.8) is 0 Å². The van der Waals surface area contributed by atoms with Crippen LogP contribution in [-0.2, 0) is 10.0 Å². The molecule has 0 aromatic carbocycles. The average Bonchev–Trinajstić information content (AvgIpc) is 2.03. The lowest BCUT2D eigenvalue weighted by Crippen LogP contribution is -2.42. The fourth-order valence-corrected chi connectivity index (χ4v) is 2.72. The van der Waals surface area contributed by atoms with Gasteiger partial charge in [0.25, 0.3) is 0 Å². The lowest BCUT2D eigenvalue weighted by atomic mass is 10.2. The minimum absolute atomic E-state index is 0.0959. The van der Waals surface area contributed by atoms with Gasteiger partial charge in [0.15, 0.2) is 0 Å². The molecule has 0 rings (SSSR count). The maximum Gasteiger partial charge on any atom is 0.211 e. The zero-order valence-electron chi connectivity index (χ0n) is 8.66. The van der Waals surface area contributed by atoms with Crippen molar-refractivity contribution in [3.8, 4) is 0 Å². The molecule has 0 aliphatic rings. The minimum atomic E-state index is -3.10. The Balaban J connectivity index is 4.58. The van der Waals surface area contributed by atoms with Gasteiger partial charge in [-0.2, -0.15) is 4.31 Å². The van der Waals surface area contributed by atoms with Gasteiger partial charge in [-0.1, -0.05) is 13.8 Å². The summed E-state index contributed by atoms with van der Waals surface area (Å²) in [6, 6.07) is 0.0959. The van der Waals surface area contributed by atoms with Crippen LogP contribution in [0, 0.1) is 0 Å². The highest BCUT2D eigenvalue weighted by atomic mass is 32.2. The summed E-state index contributed by atoms with van der Waals surface area (Å²) in [6.45, 7) is 4.78.